The molecule has 2 atom stereocenters. The minimum Gasteiger partial charge on any atom is -0.364 e. The molecule has 6 nitrogen and oxygen atoms in total. The summed E-state index contributed by atoms with van der Waals surface area (Å²) in [6.07, 6.45) is 3.16. The third kappa shape index (κ3) is 4.90. The van der Waals surface area contributed by atoms with E-state index in [1.807, 2.05) is 25.4 Å². The lowest BCUT2D eigenvalue weighted by Crippen LogP contribution is -2.58. The van der Waals surface area contributed by atoms with Gasteiger partial charge in [-0.3, -0.25) is 9.88 Å². The fourth-order valence-corrected chi connectivity index (χ4v) is 6.26. The maximum Gasteiger partial charge on any atom is 0.175 e. The highest BCUT2D eigenvalue weighted by atomic mass is 32.2. The molecule has 37 heavy (non-hydrogen) atoms. The third-order valence-electron chi connectivity index (χ3n) is 7.65. The van der Waals surface area contributed by atoms with Crippen molar-refractivity contribution in [1.82, 2.24) is 14.5 Å². The predicted molar refractivity (Wildman–Crippen MR) is 153 cm³/mol. The lowest BCUT2D eigenvalue weighted by molar-refractivity contribution is 0.161. The number of hydrogen-bond acceptors (Lipinski definition) is 5. The number of benzene rings is 2. The first kappa shape index (κ1) is 25.5. The number of piperazine rings is 1. The fraction of sp³-hybridized carbons (Fsp3) is 0.367. The summed E-state index contributed by atoms with van der Waals surface area (Å²) in [7, 11) is -1.20. The SMILES string of the molecule is CC(C)N1C[C@H](C)N(c2ccc(-c3cnc4cc(-c5ccc(S(C)(=O)=O)cc5)n(C)c4c3)cc2)[C@@H](C)C1. The Morgan fingerprint density at radius 1 is 0.865 bits per heavy atom. The molecule has 0 unspecified atom stereocenters. The number of rotatable bonds is 5. The van der Waals surface area contributed by atoms with Gasteiger partial charge in [0.05, 0.1) is 21.6 Å². The molecule has 0 N–H and O–H groups in total. The molecule has 0 spiro atoms. The topological polar surface area (TPSA) is 58.4 Å². The number of aryl methyl sites for hydroxylation is 1. The van der Waals surface area contributed by atoms with E-state index in [2.05, 4.69) is 78.5 Å². The number of fused-ring (bicyclic) bond motifs is 1. The lowest BCUT2D eigenvalue weighted by atomic mass is 10.0. The summed E-state index contributed by atoms with van der Waals surface area (Å²) in [4.78, 5) is 10.2. The third-order valence-corrected chi connectivity index (χ3v) is 8.78. The summed E-state index contributed by atoms with van der Waals surface area (Å²) in [5, 5.41) is 0. The Morgan fingerprint density at radius 2 is 1.46 bits per heavy atom. The van der Waals surface area contributed by atoms with E-state index in [-0.39, 0.29) is 0 Å². The van der Waals surface area contributed by atoms with Crippen molar-refractivity contribution in [2.24, 2.45) is 7.05 Å². The van der Waals surface area contributed by atoms with E-state index in [1.165, 1.54) is 11.9 Å². The van der Waals surface area contributed by atoms with Crippen LogP contribution >= 0.6 is 0 Å². The van der Waals surface area contributed by atoms with Crippen LogP contribution in [0.2, 0.25) is 0 Å². The van der Waals surface area contributed by atoms with Gasteiger partial charge in [-0.15, -0.1) is 0 Å². The zero-order chi connectivity index (χ0) is 26.5. The van der Waals surface area contributed by atoms with Gasteiger partial charge in [0.15, 0.2) is 9.84 Å². The summed E-state index contributed by atoms with van der Waals surface area (Å²) < 4.78 is 25.8. The minimum absolute atomic E-state index is 0.324. The van der Waals surface area contributed by atoms with E-state index < -0.39 is 9.84 Å². The molecule has 1 fully saturated rings. The monoisotopic (exact) mass is 516 g/mol. The molecular weight excluding hydrogens is 480 g/mol. The predicted octanol–water partition coefficient (Wildman–Crippen LogP) is 5.62. The molecule has 7 heteroatoms. The molecule has 2 aromatic heterocycles. The molecule has 0 saturated carbocycles. The summed E-state index contributed by atoms with van der Waals surface area (Å²) >= 11 is 0. The molecule has 4 aromatic rings. The first-order chi connectivity index (χ1) is 17.5. The van der Waals surface area contributed by atoms with Gasteiger partial charge >= 0.3 is 0 Å². The van der Waals surface area contributed by atoms with Gasteiger partial charge in [-0.25, -0.2) is 8.42 Å². The van der Waals surface area contributed by atoms with Crippen molar-refractivity contribution in [1.29, 1.82) is 0 Å². The second kappa shape index (κ2) is 9.62. The molecule has 3 heterocycles. The molecule has 5 rings (SSSR count). The van der Waals surface area contributed by atoms with Gasteiger partial charge in [0.1, 0.15) is 0 Å². The Balaban J connectivity index is 1.41. The molecule has 2 aromatic carbocycles. The van der Waals surface area contributed by atoms with Gasteiger partial charge in [-0.1, -0.05) is 24.3 Å². The molecule has 1 saturated heterocycles. The van der Waals surface area contributed by atoms with Crippen molar-refractivity contribution in [3.63, 3.8) is 0 Å². The van der Waals surface area contributed by atoms with Gasteiger partial charge in [-0.05, 0) is 75.2 Å². The van der Waals surface area contributed by atoms with Crippen LogP contribution in [0.3, 0.4) is 0 Å². The maximum atomic E-state index is 11.8. The van der Waals surface area contributed by atoms with Crippen LogP contribution in [0.15, 0.2) is 71.8 Å². The van der Waals surface area contributed by atoms with Crippen LogP contribution in [0.4, 0.5) is 5.69 Å². The van der Waals surface area contributed by atoms with E-state index in [0.717, 1.165) is 46.5 Å². The first-order valence-corrected chi connectivity index (χ1v) is 14.8. The Kier molecular flexibility index (Phi) is 6.62. The maximum absolute atomic E-state index is 11.8. The Labute approximate surface area is 220 Å². The molecule has 0 radical (unpaired) electrons. The van der Waals surface area contributed by atoms with Gasteiger partial charge in [0.25, 0.3) is 0 Å². The van der Waals surface area contributed by atoms with Crippen molar-refractivity contribution in [2.75, 3.05) is 24.2 Å². The van der Waals surface area contributed by atoms with E-state index in [9.17, 15) is 8.42 Å². The highest BCUT2D eigenvalue weighted by Crippen LogP contribution is 2.32. The molecule has 0 bridgehead atoms. The zero-order valence-electron chi connectivity index (χ0n) is 22.5. The van der Waals surface area contributed by atoms with Gasteiger partial charge in [0.2, 0.25) is 0 Å². The number of hydrogen-bond donors (Lipinski definition) is 0. The van der Waals surface area contributed by atoms with E-state index in [0.29, 0.717) is 23.0 Å². The quantitative estimate of drug-likeness (QED) is 0.345. The number of aromatic nitrogens is 2. The van der Waals surface area contributed by atoms with Crippen LogP contribution in [-0.2, 0) is 16.9 Å². The Bertz CT molecular complexity index is 1510. The van der Waals surface area contributed by atoms with E-state index >= 15 is 0 Å². The van der Waals surface area contributed by atoms with Crippen molar-refractivity contribution >= 4 is 26.6 Å². The number of pyridine rings is 1. The van der Waals surface area contributed by atoms with E-state index in [4.69, 9.17) is 4.98 Å². The van der Waals surface area contributed by atoms with E-state index in [1.54, 1.807) is 12.1 Å². The van der Waals surface area contributed by atoms with Crippen LogP contribution in [0, 0.1) is 0 Å². The first-order valence-electron chi connectivity index (χ1n) is 12.9. The minimum atomic E-state index is -3.22. The second-order valence-electron chi connectivity index (χ2n) is 10.7. The van der Waals surface area contributed by atoms with Crippen LogP contribution in [0.5, 0.6) is 0 Å². The van der Waals surface area contributed by atoms with Crippen LogP contribution in [-0.4, -0.2) is 60.3 Å². The number of sulfone groups is 1. The molecule has 1 aliphatic rings. The highest BCUT2D eigenvalue weighted by Gasteiger charge is 2.30. The largest absolute Gasteiger partial charge is 0.364 e. The number of anilines is 1. The number of nitrogens with zero attached hydrogens (tertiary/aromatic N) is 4. The van der Waals surface area contributed by atoms with Gasteiger partial charge in [0, 0.05) is 62.0 Å². The highest BCUT2D eigenvalue weighted by molar-refractivity contribution is 7.90. The van der Waals surface area contributed by atoms with Crippen LogP contribution in [0.1, 0.15) is 27.7 Å². The second-order valence-corrected chi connectivity index (χ2v) is 12.7. The van der Waals surface area contributed by atoms with Gasteiger partial charge < -0.3 is 9.47 Å². The van der Waals surface area contributed by atoms with Crippen LogP contribution < -0.4 is 4.90 Å². The Morgan fingerprint density at radius 3 is 2.03 bits per heavy atom. The van der Waals surface area contributed by atoms with Crippen molar-refractivity contribution in [3.05, 3.63) is 66.9 Å². The molecular formula is C30H36N4O2S. The Hall–Kier alpha value is -3.16. The van der Waals surface area contributed by atoms with Gasteiger partial charge in [-0.2, -0.15) is 0 Å². The smallest absolute Gasteiger partial charge is 0.175 e. The zero-order valence-corrected chi connectivity index (χ0v) is 23.3. The lowest BCUT2D eigenvalue weighted by Gasteiger charge is -2.47. The van der Waals surface area contributed by atoms with Crippen molar-refractivity contribution < 1.29 is 8.42 Å². The summed E-state index contributed by atoms with van der Waals surface area (Å²) in [5.74, 6) is 0. The fourth-order valence-electron chi connectivity index (χ4n) is 5.63. The molecule has 194 valence electrons. The molecule has 1 aliphatic heterocycles. The van der Waals surface area contributed by atoms with Crippen molar-refractivity contribution in [3.8, 4) is 22.4 Å². The average Bonchev–Trinajstić information content (AvgIpc) is 3.19. The molecule has 0 amide bonds. The average molecular weight is 517 g/mol. The normalized spacial score (nSPS) is 19.2. The standard InChI is InChI=1S/C30H36N4O2S/c1-20(2)33-18-21(3)34(22(4)19-33)26-11-7-23(8-12-26)25-15-30-28(31-17-25)16-29(32(30)5)24-9-13-27(14-10-24)37(6,35)36/h7-17,20-22H,18-19H2,1-6H3/t21-,22-/m0/s1. The van der Waals surface area contributed by atoms with Crippen molar-refractivity contribution in [2.45, 2.75) is 50.7 Å². The summed E-state index contributed by atoms with van der Waals surface area (Å²) in [5.41, 5.74) is 7.38. The van der Waals surface area contributed by atoms with Crippen LogP contribution in [0.25, 0.3) is 33.4 Å². The summed E-state index contributed by atoms with van der Waals surface area (Å²) in [6.45, 7) is 11.4. The summed E-state index contributed by atoms with van der Waals surface area (Å²) in [6, 6.07) is 21.6. The molecule has 0 aliphatic carbocycles.